The van der Waals surface area contributed by atoms with Crippen molar-refractivity contribution < 1.29 is 28.2 Å². The molecule has 0 aliphatic carbocycles. The molecule has 9 heteroatoms. The molecular weight excluding hydrogens is 482 g/mol. The number of hydrogen-bond donors (Lipinski definition) is 2. The number of nitrogens with one attached hydrogen (secondary N) is 2. The van der Waals surface area contributed by atoms with Crippen molar-refractivity contribution in [3.63, 3.8) is 0 Å². The summed E-state index contributed by atoms with van der Waals surface area (Å²) in [4.78, 5) is 34.9. The normalized spacial score (nSPS) is 13.7. The molecule has 144 valence electrons. The maximum absolute atomic E-state index is 13.3. The Morgan fingerprint density at radius 2 is 1.82 bits per heavy atom. The molecule has 0 saturated carbocycles. The number of carbonyl (C=O) groups is 3. The van der Waals surface area contributed by atoms with E-state index in [4.69, 9.17) is 9.47 Å². The van der Waals surface area contributed by atoms with Crippen LogP contribution in [0.2, 0.25) is 0 Å². The van der Waals surface area contributed by atoms with Crippen LogP contribution in [0.25, 0.3) is 6.08 Å². The number of hydrogen-bond acceptors (Lipinski definition) is 5. The molecule has 0 spiro atoms. The predicted molar refractivity (Wildman–Crippen MR) is 106 cm³/mol. The van der Waals surface area contributed by atoms with Gasteiger partial charge in [-0.3, -0.25) is 20.2 Å². The summed E-state index contributed by atoms with van der Waals surface area (Å²) in [6, 6.07) is 8.47. The minimum absolute atomic E-state index is 0.136. The monoisotopic (exact) mass is 496 g/mol. The Kier molecular flexibility index (Phi) is 5.93. The minimum Gasteiger partial charge on any atom is -0.493 e. The van der Waals surface area contributed by atoms with Crippen molar-refractivity contribution in [3.8, 4) is 11.5 Å². The summed E-state index contributed by atoms with van der Waals surface area (Å²) >= 11 is 2.03. The zero-order chi connectivity index (χ0) is 20.3. The summed E-state index contributed by atoms with van der Waals surface area (Å²) in [5, 5.41) is 4.02. The molecule has 3 rings (SSSR count). The third-order valence-corrected chi connectivity index (χ3v) is 4.58. The first-order valence-corrected chi connectivity index (χ1v) is 9.08. The highest BCUT2D eigenvalue weighted by Crippen LogP contribution is 2.35. The van der Waals surface area contributed by atoms with Crippen LogP contribution in [0.15, 0.2) is 42.0 Å². The zero-order valence-electron chi connectivity index (χ0n) is 14.5. The summed E-state index contributed by atoms with van der Waals surface area (Å²) in [6.45, 7) is 0.136. The van der Waals surface area contributed by atoms with Crippen LogP contribution >= 0.6 is 22.6 Å². The number of urea groups is 1. The fourth-order valence-corrected chi connectivity index (χ4v) is 3.30. The highest BCUT2D eigenvalue weighted by atomic mass is 127. The minimum atomic E-state index is -0.861. The molecule has 0 radical (unpaired) electrons. The van der Waals surface area contributed by atoms with E-state index in [1.165, 1.54) is 25.3 Å². The van der Waals surface area contributed by atoms with Gasteiger partial charge in [-0.05, 0) is 64.1 Å². The standard InChI is InChI=1S/C19H14FIN2O5/c1-27-15-8-11(6-13-17(24)22-19(26)23-18(13)25)7-14(21)16(15)28-9-10-3-2-4-12(20)5-10/h2-8H,9H2,1H3,(H2,22,23,24,25,26). The molecule has 1 aliphatic rings. The number of imide groups is 2. The number of methoxy groups -OCH3 is 1. The molecule has 1 aliphatic heterocycles. The first kappa shape index (κ1) is 19.8. The van der Waals surface area contributed by atoms with Crippen molar-refractivity contribution in [2.45, 2.75) is 6.61 Å². The number of rotatable bonds is 5. The molecule has 0 atom stereocenters. The molecule has 2 N–H and O–H groups in total. The maximum atomic E-state index is 13.3. The average molecular weight is 496 g/mol. The van der Waals surface area contributed by atoms with Gasteiger partial charge in [-0.1, -0.05) is 12.1 Å². The van der Waals surface area contributed by atoms with Crippen molar-refractivity contribution in [3.05, 3.63) is 62.5 Å². The molecule has 0 aromatic heterocycles. The third kappa shape index (κ3) is 4.47. The van der Waals surface area contributed by atoms with E-state index in [0.717, 1.165) is 0 Å². The second-order valence-electron chi connectivity index (χ2n) is 5.75. The lowest BCUT2D eigenvalue weighted by atomic mass is 10.1. The Morgan fingerprint density at radius 1 is 1.11 bits per heavy atom. The van der Waals surface area contributed by atoms with Crippen LogP contribution < -0.4 is 20.1 Å². The van der Waals surface area contributed by atoms with Crippen LogP contribution in [-0.2, 0) is 16.2 Å². The Balaban J connectivity index is 1.87. The van der Waals surface area contributed by atoms with Gasteiger partial charge in [0, 0.05) is 0 Å². The van der Waals surface area contributed by atoms with E-state index in [1.54, 1.807) is 24.3 Å². The van der Waals surface area contributed by atoms with E-state index in [2.05, 4.69) is 0 Å². The first-order valence-electron chi connectivity index (χ1n) is 8.00. The number of amides is 4. The van der Waals surface area contributed by atoms with Crippen molar-refractivity contribution in [1.82, 2.24) is 10.6 Å². The molecule has 1 saturated heterocycles. The fraction of sp³-hybridized carbons (Fsp3) is 0.105. The van der Waals surface area contributed by atoms with Gasteiger partial charge in [-0.25, -0.2) is 9.18 Å². The highest BCUT2D eigenvalue weighted by Gasteiger charge is 2.27. The van der Waals surface area contributed by atoms with Gasteiger partial charge in [0.25, 0.3) is 11.8 Å². The van der Waals surface area contributed by atoms with Gasteiger partial charge < -0.3 is 9.47 Å². The fourth-order valence-electron chi connectivity index (χ4n) is 2.52. The number of carbonyl (C=O) groups excluding carboxylic acids is 3. The molecule has 1 fully saturated rings. The predicted octanol–water partition coefficient (Wildman–Crippen LogP) is 2.77. The van der Waals surface area contributed by atoms with Gasteiger partial charge in [-0.2, -0.15) is 0 Å². The number of benzene rings is 2. The summed E-state index contributed by atoms with van der Waals surface area (Å²) in [5.74, 6) is -1.10. The lowest BCUT2D eigenvalue weighted by molar-refractivity contribution is -0.123. The highest BCUT2D eigenvalue weighted by molar-refractivity contribution is 14.1. The van der Waals surface area contributed by atoms with E-state index >= 15 is 0 Å². The quantitative estimate of drug-likeness (QED) is 0.378. The summed E-state index contributed by atoms with van der Waals surface area (Å²) in [6.07, 6.45) is 1.35. The van der Waals surface area contributed by atoms with Gasteiger partial charge >= 0.3 is 6.03 Å². The molecule has 1 heterocycles. The van der Waals surface area contributed by atoms with Crippen molar-refractivity contribution in [1.29, 1.82) is 0 Å². The van der Waals surface area contributed by atoms with E-state index < -0.39 is 17.8 Å². The summed E-state index contributed by atoms with van der Waals surface area (Å²) < 4.78 is 25.1. The Bertz CT molecular complexity index is 984. The smallest absolute Gasteiger partial charge is 0.328 e. The first-order chi connectivity index (χ1) is 13.4. The van der Waals surface area contributed by atoms with E-state index in [9.17, 15) is 18.8 Å². The number of ether oxygens (including phenoxy) is 2. The summed E-state index contributed by atoms with van der Waals surface area (Å²) in [7, 11) is 1.45. The zero-order valence-corrected chi connectivity index (χ0v) is 16.7. The molecule has 2 aromatic rings. The average Bonchev–Trinajstić information content (AvgIpc) is 2.63. The van der Waals surface area contributed by atoms with Gasteiger partial charge in [0.1, 0.15) is 18.0 Å². The number of halogens is 2. The second-order valence-corrected chi connectivity index (χ2v) is 6.91. The SMILES string of the molecule is COc1cc(C=C2C(=O)NC(=O)NC2=O)cc(I)c1OCc1cccc(F)c1. The Hall–Kier alpha value is -2.95. The molecular formula is C19H14FIN2O5. The van der Waals surface area contributed by atoms with Crippen molar-refractivity contribution >= 4 is 46.5 Å². The van der Waals surface area contributed by atoms with Crippen molar-refractivity contribution in [2.75, 3.05) is 7.11 Å². The van der Waals surface area contributed by atoms with Crippen molar-refractivity contribution in [2.24, 2.45) is 0 Å². The molecule has 2 aromatic carbocycles. The van der Waals surface area contributed by atoms with E-state index in [-0.39, 0.29) is 18.0 Å². The van der Waals surface area contributed by atoms with Crippen LogP contribution in [-0.4, -0.2) is 25.0 Å². The number of barbiturate groups is 1. The van der Waals surface area contributed by atoms with Gasteiger partial charge in [0.2, 0.25) is 0 Å². The second kappa shape index (κ2) is 8.38. The van der Waals surface area contributed by atoms with Gasteiger partial charge in [-0.15, -0.1) is 0 Å². The van der Waals surface area contributed by atoms with Crippen LogP contribution in [0.3, 0.4) is 0 Å². The van der Waals surface area contributed by atoms with E-state index in [0.29, 0.717) is 26.2 Å². The van der Waals surface area contributed by atoms with E-state index in [1.807, 2.05) is 33.2 Å². The lowest BCUT2D eigenvalue weighted by Gasteiger charge is -2.16. The topological polar surface area (TPSA) is 93.7 Å². The molecule has 7 nitrogen and oxygen atoms in total. The van der Waals surface area contributed by atoms with Gasteiger partial charge in [0.15, 0.2) is 11.5 Å². The largest absolute Gasteiger partial charge is 0.493 e. The van der Waals surface area contributed by atoms with Gasteiger partial charge in [0.05, 0.1) is 10.7 Å². The molecule has 28 heavy (non-hydrogen) atoms. The summed E-state index contributed by atoms with van der Waals surface area (Å²) in [5.41, 5.74) is 0.962. The van der Waals surface area contributed by atoms with Crippen LogP contribution in [0.1, 0.15) is 11.1 Å². The molecule has 0 unspecified atom stereocenters. The molecule has 0 bridgehead atoms. The maximum Gasteiger partial charge on any atom is 0.328 e. The molecule has 4 amide bonds. The van der Waals surface area contributed by atoms with Crippen LogP contribution in [0.4, 0.5) is 9.18 Å². The van der Waals surface area contributed by atoms with Crippen LogP contribution in [0, 0.1) is 9.39 Å². The Labute approximate surface area is 173 Å². The lowest BCUT2D eigenvalue weighted by Crippen LogP contribution is -2.51. The van der Waals surface area contributed by atoms with Crippen LogP contribution in [0.5, 0.6) is 11.5 Å². The Morgan fingerprint density at radius 3 is 2.46 bits per heavy atom. The third-order valence-electron chi connectivity index (χ3n) is 3.78.